The van der Waals surface area contributed by atoms with Crippen molar-refractivity contribution in [2.24, 2.45) is 0 Å². The van der Waals surface area contributed by atoms with Crippen LogP contribution in [0.15, 0.2) is 42.7 Å². The zero-order valence-electron chi connectivity index (χ0n) is 18.5. The summed E-state index contributed by atoms with van der Waals surface area (Å²) in [5.74, 6) is -0.173. The monoisotopic (exact) mass is 496 g/mol. The van der Waals surface area contributed by atoms with Crippen molar-refractivity contribution in [1.82, 2.24) is 9.97 Å². The number of hydrogen-bond acceptors (Lipinski definition) is 7. The molecule has 1 saturated heterocycles. The van der Waals surface area contributed by atoms with Crippen molar-refractivity contribution in [2.75, 3.05) is 23.3 Å². The number of nitriles is 1. The summed E-state index contributed by atoms with van der Waals surface area (Å²) in [6, 6.07) is 12.8. The van der Waals surface area contributed by atoms with Crippen LogP contribution in [0.25, 0.3) is 0 Å². The van der Waals surface area contributed by atoms with Gasteiger partial charge in [0.1, 0.15) is 6.33 Å². The largest absolute Gasteiger partial charge is 0.353 e. The van der Waals surface area contributed by atoms with Crippen molar-refractivity contribution < 1.29 is 4.92 Å². The van der Waals surface area contributed by atoms with Crippen LogP contribution in [0.3, 0.4) is 0 Å². The first kappa shape index (κ1) is 23.7. The van der Waals surface area contributed by atoms with Gasteiger partial charge in [-0.05, 0) is 61.1 Å². The molecule has 0 saturated carbocycles. The number of halogens is 2. The van der Waals surface area contributed by atoms with Gasteiger partial charge in [0, 0.05) is 28.8 Å². The van der Waals surface area contributed by atoms with Crippen LogP contribution in [0.2, 0.25) is 10.0 Å². The average molecular weight is 497 g/mol. The molecule has 1 atom stereocenters. The zero-order chi connectivity index (χ0) is 24.2. The minimum absolute atomic E-state index is 0.0991. The molecule has 2 aromatic carbocycles. The molecule has 1 aromatic heterocycles. The quantitative estimate of drug-likeness (QED) is 0.311. The summed E-state index contributed by atoms with van der Waals surface area (Å²) in [7, 11) is 0. The van der Waals surface area contributed by atoms with Crippen LogP contribution < -0.4 is 10.2 Å². The second-order valence-electron chi connectivity index (χ2n) is 8.13. The number of nitrogens with zero attached hydrogens (tertiary/aromatic N) is 5. The van der Waals surface area contributed by atoms with E-state index in [1.54, 1.807) is 30.3 Å². The highest BCUT2D eigenvalue weighted by Crippen LogP contribution is 2.38. The third kappa shape index (κ3) is 4.91. The van der Waals surface area contributed by atoms with E-state index in [1.807, 2.05) is 17.9 Å². The fraction of sp³-hybridized carbons (Fsp3) is 0.292. The van der Waals surface area contributed by atoms with Crippen molar-refractivity contribution in [3.63, 3.8) is 0 Å². The van der Waals surface area contributed by atoms with Crippen molar-refractivity contribution in [1.29, 1.82) is 5.26 Å². The van der Waals surface area contributed by atoms with Gasteiger partial charge in [0.05, 0.1) is 16.9 Å². The highest BCUT2D eigenvalue weighted by molar-refractivity contribution is 6.32. The van der Waals surface area contributed by atoms with Crippen LogP contribution in [0, 0.1) is 28.4 Å². The Bertz CT molecular complexity index is 1250. The Morgan fingerprint density at radius 1 is 1.15 bits per heavy atom. The lowest BCUT2D eigenvalue weighted by Crippen LogP contribution is -2.31. The van der Waals surface area contributed by atoms with Crippen LogP contribution in [-0.2, 0) is 0 Å². The van der Waals surface area contributed by atoms with E-state index < -0.39 is 10.8 Å². The molecule has 2 heterocycles. The average Bonchev–Trinajstić information content (AvgIpc) is 2.84. The molecule has 1 N–H and O–H groups in total. The van der Waals surface area contributed by atoms with Crippen LogP contribution in [0.1, 0.15) is 41.9 Å². The molecular weight excluding hydrogens is 475 g/mol. The molecule has 34 heavy (non-hydrogen) atoms. The first-order valence-electron chi connectivity index (χ1n) is 10.9. The molecule has 0 amide bonds. The number of benzene rings is 2. The van der Waals surface area contributed by atoms with Crippen molar-refractivity contribution >= 4 is 46.2 Å². The molecule has 0 spiro atoms. The molecule has 1 unspecified atom stereocenters. The van der Waals surface area contributed by atoms with Gasteiger partial charge in [0.25, 0.3) is 0 Å². The van der Waals surface area contributed by atoms with E-state index in [0.29, 0.717) is 27.1 Å². The first-order valence-corrected chi connectivity index (χ1v) is 11.6. The predicted octanol–water partition coefficient (Wildman–Crippen LogP) is 6.39. The van der Waals surface area contributed by atoms with Gasteiger partial charge in [0.15, 0.2) is 0 Å². The number of nitro groups is 1. The minimum atomic E-state index is -0.586. The van der Waals surface area contributed by atoms with E-state index in [1.165, 1.54) is 6.33 Å². The second-order valence-corrected chi connectivity index (χ2v) is 8.97. The third-order valence-electron chi connectivity index (χ3n) is 5.88. The molecule has 10 heteroatoms. The number of aryl methyl sites for hydroxylation is 1. The summed E-state index contributed by atoms with van der Waals surface area (Å²) in [6.07, 6.45) is 4.36. The van der Waals surface area contributed by atoms with E-state index >= 15 is 0 Å². The lowest BCUT2D eigenvalue weighted by Gasteiger charge is -2.27. The van der Waals surface area contributed by atoms with Gasteiger partial charge in [0.2, 0.25) is 11.6 Å². The smallest absolute Gasteiger partial charge is 0.351 e. The van der Waals surface area contributed by atoms with Crippen molar-refractivity contribution in [3.8, 4) is 6.07 Å². The first-order chi connectivity index (χ1) is 16.4. The Labute approximate surface area is 207 Å². The summed E-state index contributed by atoms with van der Waals surface area (Å²) in [5, 5.41) is 25.8. The van der Waals surface area contributed by atoms with Gasteiger partial charge < -0.3 is 10.2 Å². The van der Waals surface area contributed by atoms with Gasteiger partial charge in [-0.2, -0.15) is 5.26 Å². The molecule has 1 fully saturated rings. The summed E-state index contributed by atoms with van der Waals surface area (Å²) >= 11 is 12.6. The maximum atomic E-state index is 12.0. The topological polar surface area (TPSA) is 108 Å². The normalized spacial score (nSPS) is 14.4. The number of anilines is 3. The van der Waals surface area contributed by atoms with Crippen LogP contribution >= 0.6 is 23.2 Å². The number of piperidine rings is 1. The Hall–Kier alpha value is -3.41. The highest BCUT2D eigenvalue weighted by Gasteiger charge is 2.28. The highest BCUT2D eigenvalue weighted by atomic mass is 35.5. The van der Waals surface area contributed by atoms with E-state index in [2.05, 4.69) is 21.4 Å². The molecule has 1 aliphatic rings. The molecule has 174 valence electrons. The van der Waals surface area contributed by atoms with E-state index in [0.717, 1.165) is 43.5 Å². The van der Waals surface area contributed by atoms with E-state index in [4.69, 9.17) is 23.2 Å². The predicted molar refractivity (Wildman–Crippen MR) is 133 cm³/mol. The van der Waals surface area contributed by atoms with E-state index in [9.17, 15) is 15.4 Å². The Morgan fingerprint density at radius 3 is 2.50 bits per heavy atom. The molecule has 0 aliphatic carbocycles. The zero-order valence-corrected chi connectivity index (χ0v) is 20.0. The molecule has 0 radical (unpaired) electrons. The number of aromatic nitrogens is 2. The fourth-order valence-electron chi connectivity index (χ4n) is 4.13. The molecule has 3 aromatic rings. The SMILES string of the molecule is Cc1cc(C(C#N)c2ccc(Cl)cc2)c(Cl)cc1Nc1ncnc(N2CCCCC2)c1[N+](=O)[O-]. The number of hydrogen-bond donors (Lipinski definition) is 1. The molecular formula is C24H22Cl2N6O2. The second kappa shape index (κ2) is 10.2. The maximum Gasteiger partial charge on any atom is 0.353 e. The van der Waals surface area contributed by atoms with Crippen molar-refractivity contribution in [3.05, 3.63) is 79.6 Å². The minimum Gasteiger partial charge on any atom is -0.351 e. The van der Waals surface area contributed by atoms with E-state index in [-0.39, 0.29) is 11.5 Å². The summed E-state index contributed by atoms with van der Waals surface area (Å²) in [4.78, 5) is 21.8. The standard InChI is InChI=1S/C24H22Cl2N6O2/c1-15-11-18(19(13-27)16-5-7-17(25)8-6-16)20(26)12-21(15)30-23-22(32(33)34)24(29-14-28-23)31-9-3-2-4-10-31/h5-8,11-12,14,19H,2-4,9-10H2,1H3,(H,28,29,30). The summed E-state index contributed by atoms with van der Waals surface area (Å²) < 4.78 is 0. The van der Waals surface area contributed by atoms with Crippen LogP contribution in [-0.4, -0.2) is 28.0 Å². The van der Waals surface area contributed by atoms with Gasteiger partial charge in [-0.25, -0.2) is 9.97 Å². The third-order valence-corrected chi connectivity index (χ3v) is 6.46. The van der Waals surface area contributed by atoms with Crippen LogP contribution in [0.4, 0.5) is 23.0 Å². The summed E-state index contributed by atoms with van der Waals surface area (Å²) in [6.45, 7) is 3.28. The lowest BCUT2D eigenvalue weighted by atomic mass is 9.91. The molecule has 1 aliphatic heterocycles. The molecule has 0 bridgehead atoms. The number of nitrogens with one attached hydrogen (secondary N) is 1. The maximum absolute atomic E-state index is 12.0. The Kier molecular flexibility index (Phi) is 7.15. The van der Waals surface area contributed by atoms with Gasteiger partial charge in [-0.3, -0.25) is 10.1 Å². The fourth-order valence-corrected chi connectivity index (χ4v) is 4.53. The van der Waals surface area contributed by atoms with Gasteiger partial charge in [-0.15, -0.1) is 0 Å². The van der Waals surface area contributed by atoms with Crippen LogP contribution in [0.5, 0.6) is 0 Å². The molecule has 8 nitrogen and oxygen atoms in total. The van der Waals surface area contributed by atoms with Crippen molar-refractivity contribution in [2.45, 2.75) is 32.1 Å². The Balaban J connectivity index is 1.69. The number of rotatable bonds is 6. The van der Waals surface area contributed by atoms with Gasteiger partial charge in [-0.1, -0.05) is 41.4 Å². The lowest BCUT2D eigenvalue weighted by molar-refractivity contribution is -0.383. The van der Waals surface area contributed by atoms with Gasteiger partial charge >= 0.3 is 5.69 Å². The summed E-state index contributed by atoms with van der Waals surface area (Å²) in [5.41, 5.74) is 2.57. The molecule has 4 rings (SSSR count). The Morgan fingerprint density at radius 2 is 1.85 bits per heavy atom.